The summed E-state index contributed by atoms with van der Waals surface area (Å²) < 4.78 is 0. The van der Waals surface area contributed by atoms with Gasteiger partial charge in [0.1, 0.15) is 0 Å². The first kappa shape index (κ1) is 7.58. The molecule has 1 amide bonds. The van der Waals surface area contributed by atoms with Crippen LogP contribution in [-0.4, -0.2) is 5.91 Å². The zero-order chi connectivity index (χ0) is 7.78. The van der Waals surface area contributed by atoms with Gasteiger partial charge in [0.15, 0.2) is 0 Å². The summed E-state index contributed by atoms with van der Waals surface area (Å²) in [4.78, 5) is 10.9. The van der Waals surface area contributed by atoms with Crippen molar-refractivity contribution in [1.29, 1.82) is 0 Å². The van der Waals surface area contributed by atoms with Crippen molar-refractivity contribution < 1.29 is 4.79 Å². The highest BCUT2D eigenvalue weighted by Crippen LogP contribution is 2.47. The molecule has 0 unspecified atom stereocenters. The molecule has 0 aromatic carbocycles. The Morgan fingerprint density at radius 1 is 1.70 bits per heavy atom. The van der Waals surface area contributed by atoms with Gasteiger partial charge in [-0.3, -0.25) is 4.79 Å². The summed E-state index contributed by atoms with van der Waals surface area (Å²) >= 11 is 0. The van der Waals surface area contributed by atoms with Gasteiger partial charge in [0.2, 0.25) is 5.91 Å². The number of hydrogen-bond donors (Lipinski definition) is 1. The van der Waals surface area contributed by atoms with Gasteiger partial charge in [-0.2, -0.15) is 0 Å². The Bertz CT molecular complexity index is 147. The van der Waals surface area contributed by atoms with Crippen molar-refractivity contribution in [2.75, 3.05) is 0 Å². The molecular formula is C8H15NO. The van der Waals surface area contributed by atoms with E-state index in [0.717, 1.165) is 19.3 Å². The molecular weight excluding hydrogens is 126 g/mol. The first-order valence-corrected chi connectivity index (χ1v) is 3.90. The first-order chi connectivity index (χ1) is 4.60. The molecule has 0 aromatic heterocycles. The third-order valence-electron chi connectivity index (χ3n) is 2.68. The smallest absolute Gasteiger partial charge is 0.223 e. The van der Waals surface area contributed by atoms with Crippen LogP contribution >= 0.6 is 0 Å². The molecule has 0 radical (unpaired) electrons. The number of amides is 1. The Morgan fingerprint density at radius 2 is 2.20 bits per heavy atom. The third-order valence-corrected chi connectivity index (χ3v) is 2.68. The van der Waals surface area contributed by atoms with Crippen LogP contribution in [0.2, 0.25) is 0 Å². The number of hydrogen-bond acceptors (Lipinski definition) is 1. The number of rotatable bonds is 2. The van der Waals surface area contributed by atoms with Crippen LogP contribution < -0.4 is 5.73 Å². The topological polar surface area (TPSA) is 43.1 Å². The van der Waals surface area contributed by atoms with Gasteiger partial charge in [-0.1, -0.05) is 13.8 Å². The summed E-state index contributed by atoms with van der Waals surface area (Å²) in [5.41, 5.74) is 5.14. The number of nitrogens with two attached hydrogens (primary N) is 1. The summed E-state index contributed by atoms with van der Waals surface area (Å²) in [6.45, 7) is 4.20. The van der Waals surface area contributed by atoms with E-state index in [0.29, 0.717) is 5.92 Å². The molecule has 0 bridgehead atoms. The lowest BCUT2D eigenvalue weighted by Crippen LogP contribution is -2.46. The van der Waals surface area contributed by atoms with Gasteiger partial charge in [-0.25, -0.2) is 0 Å². The van der Waals surface area contributed by atoms with Gasteiger partial charge in [-0.05, 0) is 25.2 Å². The molecule has 2 heteroatoms. The summed E-state index contributed by atoms with van der Waals surface area (Å²) in [6.07, 6.45) is 2.91. The van der Waals surface area contributed by atoms with Gasteiger partial charge >= 0.3 is 0 Å². The van der Waals surface area contributed by atoms with Crippen molar-refractivity contribution in [2.45, 2.75) is 33.1 Å². The Labute approximate surface area is 61.8 Å². The predicted molar refractivity (Wildman–Crippen MR) is 40.3 cm³/mol. The maximum absolute atomic E-state index is 10.9. The van der Waals surface area contributed by atoms with Crippen LogP contribution in [0.25, 0.3) is 0 Å². The summed E-state index contributed by atoms with van der Waals surface area (Å²) in [5, 5.41) is 0. The maximum Gasteiger partial charge on any atom is 0.223 e. The van der Waals surface area contributed by atoms with Crippen LogP contribution in [0.3, 0.4) is 0 Å². The second-order valence-corrected chi connectivity index (χ2v) is 3.51. The Balaban J connectivity index is 2.56. The lowest BCUT2D eigenvalue weighted by atomic mass is 9.61. The Morgan fingerprint density at radius 3 is 2.30 bits per heavy atom. The molecule has 0 atom stereocenters. The van der Waals surface area contributed by atoms with Gasteiger partial charge in [0, 0.05) is 5.41 Å². The zero-order valence-electron chi connectivity index (χ0n) is 6.68. The van der Waals surface area contributed by atoms with Crippen molar-refractivity contribution in [3.05, 3.63) is 0 Å². The summed E-state index contributed by atoms with van der Waals surface area (Å²) in [6, 6.07) is 0. The van der Waals surface area contributed by atoms with E-state index in [1.165, 1.54) is 0 Å². The molecule has 1 fully saturated rings. The van der Waals surface area contributed by atoms with E-state index in [9.17, 15) is 4.79 Å². The zero-order valence-corrected chi connectivity index (χ0v) is 6.68. The van der Waals surface area contributed by atoms with Crippen molar-refractivity contribution in [3.8, 4) is 0 Å². The highest BCUT2D eigenvalue weighted by Gasteiger charge is 2.45. The monoisotopic (exact) mass is 141 g/mol. The van der Waals surface area contributed by atoms with Gasteiger partial charge in [0.05, 0.1) is 0 Å². The van der Waals surface area contributed by atoms with E-state index in [1.54, 1.807) is 0 Å². The fraction of sp³-hybridized carbons (Fsp3) is 0.875. The van der Waals surface area contributed by atoms with Crippen molar-refractivity contribution in [1.82, 2.24) is 0 Å². The standard InChI is InChI=1S/C8H15NO/c1-3-8(7(9)10)4-6(2)5-8/h6H,3-5H2,1-2H3,(H2,9,10). The molecule has 1 rings (SSSR count). The lowest BCUT2D eigenvalue weighted by Gasteiger charge is -2.43. The Hall–Kier alpha value is -0.530. The first-order valence-electron chi connectivity index (χ1n) is 3.90. The molecule has 1 saturated carbocycles. The van der Waals surface area contributed by atoms with Crippen LogP contribution in [0.1, 0.15) is 33.1 Å². The van der Waals surface area contributed by atoms with Crippen molar-refractivity contribution in [3.63, 3.8) is 0 Å². The third kappa shape index (κ3) is 0.917. The molecule has 10 heavy (non-hydrogen) atoms. The van der Waals surface area contributed by atoms with E-state index < -0.39 is 0 Å². The van der Waals surface area contributed by atoms with Gasteiger partial charge < -0.3 is 5.73 Å². The minimum Gasteiger partial charge on any atom is -0.369 e. The van der Waals surface area contributed by atoms with Crippen LogP contribution in [0, 0.1) is 11.3 Å². The number of primary amides is 1. The van der Waals surface area contributed by atoms with Crippen LogP contribution in [0.4, 0.5) is 0 Å². The van der Waals surface area contributed by atoms with E-state index in [2.05, 4.69) is 6.92 Å². The summed E-state index contributed by atoms with van der Waals surface area (Å²) in [7, 11) is 0. The van der Waals surface area contributed by atoms with E-state index in [1.807, 2.05) is 6.92 Å². The molecule has 2 N–H and O–H groups in total. The molecule has 0 spiro atoms. The minimum absolute atomic E-state index is 0.104. The molecule has 0 aromatic rings. The predicted octanol–water partition coefficient (Wildman–Crippen LogP) is 1.30. The molecule has 1 aliphatic carbocycles. The molecule has 2 nitrogen and oxygen atoms in total. The van der Waals surface area contributed by atoms with Crippen LogP contribution in [0.15, 0.2) is 0 Å². The van der Waals surface area contributed by atoms with Gasteiger partial charge in [0.25, 0.3) is 0 Å². The quantitative estimate of drug-likeness (QED) is 0.618. The SMILES string of the molecule is CCC1(C(N)=O)CC(C)C1. The second kappa shape index (κ2) is 2.26. The largest absolute Gasteiger partial charge is 0.369 e. The summed E-state index contributed by atoms with van der Waals surface area (Å²) in [5.74, 6) is 0.598. The van der Waals surface area contributed by atoms with E-state index in [-0.39, 0.29) is 11.3 Å². The molecule has 0 heterocycles. The van der Waals surface area contributed by atoms with E-state index >= 15 is 0 Å². The van der Waals surface area contributed by atoms with Crippen LogP contribution in [-0.2, 0) is 4.79 Å². The molecule has 0 aliphatic heterocycles. The average Bonchev–Trinajstić information content (AvgIpc) is 1.79. The highest BCUT2D eigenvalue weighted by molar-refractivity contribution is 5.81. The molecule has 1 aliphatic rings. The molecule has 58 valence electrons. The van der Waals surface area contributed by atoms with Crippen LogP contribution in [0.5, 0.6) is 0 Å². The highest BCUT2D eigenvalue weighted by atomic mass is 16.1. The molecule has 0 saturated heterocycles. The van der Waals surface area contributed by atoms with Crippen molar-refractivity contribution in [2.24, 2.45) is 17.1 Å². The number of carbonyl (C=O) groups is 1. The number of carbonyl (C=O) groups excluding carboxylic acids is 1. The second-order valence-electron chi connectivity index (χ2n) is 3.51. The van der Waals surface area contributed by atoms with Gasteiger partial charge in [-0.15, -0.1) is 0 Å². The fourth-order valence-electron chi connectivity index (χ4n) is 1.94. The fourth-order valence-corrected chi connectivity index (χ4v) is 1.94. The normalized spacial score (nSPS) is 38.8. The minimum atomic E-state index is -0.126. The average molecular weight is 141 g/mol. The lowest BCUT2D eigenvalue weighted by molar-refractivity contribution is -0.135. The Kier molecular flexibility index (Phi) is 1.71. The van der Waals surface area contributed by atoms with Crippen molar-refractivity contribution >= 4 is 5.91 Å². The van der Waals surface area contributed by atoms with E-state index in [4.69, 9.17) is 5.73 Å². The maximum atomic E-state index is 10.9.